The van der Waals surface area contributed by atoms with E-state index in [1.807, 2.05) is 0 Å². The third kappa shape index (κ3) is 6.15. The zero-order valence-corrected chi connectivity index (χ0v) is 23.1. The van der Waals surface area contributed by atoms with E-state index in [2.05, 4.69) is 42.0 Å². The maximum Gasteiger partial charge on any atom is 0.416 e. The summed E-state index contributed by atoms with van der Waals surface area (Å²) in [5.74, 6) is -1.94. The molecular weight excluding hydrogens is 617 g/mol. The average molecular weight is 636 g/mol. The highest BCUT2D eigenvalue weighted by Gasteiger charge is 2.30. The van der Waals surface area contributed by atoms with E-state index in [1.54, 1.807) is 19.1 Å². The molecule has 0 atom stereocenters. The van der Waals surface area contributed by atoms with Crippen molar-refractivity contribution >= 4 is 56.6 Å². The van der Waals surface area contributed by atoms with Gasteiger partial charge in [-0.3, -0.25) is 14.4 Å². The van der Waals surface area contributed by atoms with Gasteiger partial charge in [0, 0.05) is 29.5 Å². The van der Waals surface area contributed by atoms with Crippen LogP contribution in [-0.2, 0) is 6.18 Å². The topological polar surface area (TPSA) is 118 Å². The molecule has 0 bridgehead atoms. The highest BCUT2D eigenvalue weighted by Crippen LogP contribution is 2.30. The lowest BCUT2D eigenvalue weighted by Gasteiger charge is -2.14. The first kappa shape index (κ1) is 28.8. The lowest BCUT2D eigenvalue weighted by atomic mass is 10.1. The number of halogens is 5. The van der Waals surface area contributed by atoms with E-state index in [1.165, 1.54) is 31.4 Å². The number of hydrogen-bond acceptors (Lipinski definition) is 5. The number of nitrogens with one attached hydrogen (secondary N) is 3. The molecule has 0 aliphatic carbocycles. The van der Waals surface area contributed by atoms with Crippen molar-refractivity contribution in [2.45, 2.75) is 13.1 Å². The number of aryl methyl sites for hydroxylation is 1. The molecule has 0 aliphatic heterocycles. The predicted molar refractivity (Wildman–Crippen MR) is 146 cm³/mol. The first-order chi connectivity index (χ1) is 18.9. The van der Waals surface area contributed by atoms with Crippen molar-refractivity contribution in [1.29, 1.82) is 0 Å². The summed E-state index contributed by atoms with van der Waals surface area (Å²) < 4.78 is 40.3. The fourth-order valence-corrected chi connectivity index (χ4v) is 4.46. The third-order valence-corrected chi connectivity index (χ3v) is 6.35. The van der Waals surface area contributed by atoms with Gasteiger partial charge in [0.1, 0.15) is 5.69 Å². The molecule has 0 aliphatic rings. The van der Waals surface area contributed by atoms with E-state index in [4.69, 9.17) is 11.6 Å². The number of rotatable bonds is 6. The van der Waals surface area contributed by atoms with Gasteiger partial charge in [-0.25, -0.2) is 9.67 Å². The molecule has 2 aromatic carbocycles. The van der Waals surface area contributed by atoms with E-state index in [0.29, 0.717) is 10.0 Å². The molecule has 14 heteroatoms. The molecule has 0 saturated carbocycles. The number of carbonyl (C=O) groups excluding carboxylic acids is 3. The van der Waals surface area contributed by atoms with Crippen LogP contribution in [0.25, 0.3) is 5.82 Å². The van der Waals surface area contributed by atoms with Crippen LogP contribution in [0.5, 0.6) is 0 Å². The van der Waals surface area contributed by atoms with Gasteiger partial charge in [0.25, 0.3) is 17.7 Å². The largest absolute Gasteiger partial charge is 0.416 e. The predicted octanol–water partition coefficient (Wildman–Crippen LogP) is 5.87. The van der Waals surface area contributed by atoms with E-state index in [0.717, 1.165) is 28.9 Å². The zero-order chi connectivity index (χ0) is 29.2. The molecule has 9 nitrogen and oxygen atoms in total. The molecule has 3 amide bonds. The number of benzene rings is 2. The summed E-state index contributed by atoms with van der Waals surface area (Å²) >= 11 is 9.62. The first-order valence-electron chi connectivity index (χ1n) is 11.4. The second kappa shape index (κ2) is 11.5. The fourth-order valence-electron chi connectivity index (χ4n) is 3.69. The Morgan fingerprint density at radius 1 is 0.975 bits per heavy atom. The van der Waals surface area contributed by atoms with E-state index < -0.39 is 29.5 Å². The molecule has 0 unspecified atom stereocenters. The van der Waals surface area contributed by atoms with Gasteiger partial charge in [-0.15, -0.1) is 0 Å². The molecule has 4 aromatic rings. The van der Waals surface area contributed by atoms with Crippen LogP contribution in [-0.4, -0.2) is 39.5 Å². The van der Waals surface area contributed by atoms with Crippen molar-refractivity contribution in [3.63, 3.8) is 0 Å². The van der Waals surface area contributed by atoms with Crippen LogP contribution in [0.2, 0.25) is 5.02 Å². The molecule has 3 N–H and O–H groups in total. The summed E-state index contributed by atoms with van der Waals surface area (Å²) in [7, 11) is 1.45. The van der Waals surface area contributed by atoms with Crippen LogP contribution in [0.4, 0.5) is 24.5 Å². The Balaban J connectivity index is 1.72. The van der Waals surface area contributed by atoms with E-state index in [-0.39, 0.29) is 39.2 Å². The molecule has 40 heavy (non-hydrogen) atoms. The van der Waals surface area contributed by atoms with Gasteiger partial charge in [0.2, 0.25) is 0 Å². The summed E-state index contributed by atoms with van der Waals surface area (Å²) in [6.45, 7) is 1.70. The first-order valence-corrected chi connectivity index (χ1v) is 12.6. The van der Waals surface area contributed by atoms with Gasteiger partial charge < -0.3 is 16.0 Å². The van der Waals surface area contributed by atoms with Crippen molar-refractivity contribution in [3.05, 3.63) is 98.4 Å². The van der Waals surface area contributed by atoms with Gasteiger partial charge >= 0.3 is 6.18 Å². The summed E-state index contributed by atoms with van der Waals surface area (Å²) in [4.78, 5) is 43.1. The maximum atomic E-state index is 13.5. The monoisotopic (exact) mass is 634 g/mol. The highest BCUT2D eigenvalue weighted by molar-refractivity contribution is 9.10. The Morgan fingerprint density at radius 3 is 2.30 bits per heavy atom. The van der Waals surface area contributed by atoms with Crippen molar-refractivity contribution in [3.8, 4) is 5.82 Å². The van der Waals surface area contributed by atoms with Crippen molar-refractivity contribution in [1.82, 2.24) is 20.1 Å². The number of anilines is 2. The number of amides is 3. The third-order valence-electron chi connectivity index (χ3n) is 5.59. The lowest BCUT2D eigenvalue weighted by molar-refractivity contribution is -0.137. The Labute approximate surface area is 238 Å². The van der Waals surface area contributed by atoms with Crippen LogP contribution in [0.3, 0.4) is 0 Å². The van der Waals surface area contributed by atoms with Gasteiger partial charge in [-0.1, -0.05) is 27.5 Å². The Kier molecular flexibility index (Phi) is 8.26. The Bertz CT molecular complexity index is 1620. The van der Waals surface area contributed by atoms with Gasteiger partial charge in [0.15, 0.2) is 11.5 Å². The lowest BCUT2D eigenvalue weighted by Crippen LogP contribution is -2.23. The number of nitrogens with zero attached hydrogens (tertiary/aromatic N) is 3. The normalized spacial score (nSPS) is 11.2. The summed E-state index contributed by atoms with van der Waals surface area (Å²) in [6, 6.07) is 11.3. The zero-order valence-electron chi connectivity index (χ0n) is 20.7. The fraction of sp³-hybridized carbons (Fsp3) is 0.115. The molecule has 0 saturated heterocycles. The van der Waals surface area contributed by atoms with Gasteiger partial charge in [0.05, 0.1) is 21.8 Å². The summed E-state index contributed by atoms with van der Waals surface area (Å²) in [5, 5.41) is 12.0. The molecule has 4 rings (SSSR count). The minimum atomic E-state index is -4.53. The Hall–Kier alpha value is -4.23. The van der Waals surface area contributed by atoms with Crippen LogP contribution in [0.1, 0.15) is 42.5 Å². The number of carbonyl (C=O) groups is 3. The van der Waals surface area contributed by atoms with Crippen LogP contribution >= 0.6 is 27.5 Å². The Morgan fingerprint density at radius 2 is 1.68 bits per heavy atom. The van der Waals surface area contributed by atoms with Crippen LogP contribution in [0.15, 0.2) is 65.3 Å². The number of hydrogen-bond donors (Lipinski definition) is 3. The van der Waals surface area contributed by atoms with Gasteiger partial charge in [-0.2, -0.15) is 18.3 Å². The maximum absolute atomic E-state index is 13.5. The molecule has 2 aromatic heterocycles. The van der Waals surface area contributed by atoms with Crippen LogP contribution < -0.4 is 16.0 Å². The smallest absolute Gasteiger partial charge is 0.355 e. The van der Waals surface area contributed by atoms with Crippen LogP contribution in [0, 0.1) is 6.92 Å². The SMILES string of the molecule is CNC(=O)c1cc(Br)cc(C)c1NC(=O)c1cc(C(=O)Nc2ccc(C(F)(F)F)cc2)nn1-c1ncccc1Cl. The van der Waals surface area contributed by atoms with E-state index in [9.17, 15) is 27.6 Å². The second-order valence-electron chi connectivity index (χ2n) is 8.34. The second-order valence-corrected chi connectivity index (χ2v) is 9.67. The van der Waals surface area contributed by atoms with Crippen molar-refractivity contribution < 1.29 is 27.6 Å². The highest BCUT2D eigenvalue weighted by atomic mass is 79.9. The quantitative estimate of drug-likeness (QED) is 0.245. The number of alkyl halides is 3. The standard InChI is InChI=1S/C26H19BrClF3N6O3/c1-13-10-15(27)11-17(23(38)32-2)21(13)35-25(40)20-12-19(36-37(20)22-18(28)4-3-9-33-22)24(39)34-16-7-5-14(6-8-16)26(29,30)31/h3-12H,1-2H3,(H,32,38)(H,34,39)(H,35,40). The number of pyridine rings is 1. The number of aromatic nitrogens is 3. The minimum absolute atomic E-state index is 0.0435. The van der Waals surface area contributed by atoms with Crippen molar-refractivity contribution in [2.24, 2.45) is 0 Å². The summed E-state index contributed by atoms with van der Waals surface area (Å²) in [5.41, 5.74) is -0.209. The molecule has 2 heterocycles. The minimum Gasteiger partial charge on any atom is -0.355 e. The van der Waals surface area contributed by atoms with E-state index >= 15 is 0 Å². The molecular formula is C26H19BrClF3N6O3. The molecule has 0 fully saturated rings. The molecule has 0 spiro atoms. The average Bonchev–Trinajstić information content (AvgIpc) is 3.35. The molecule has 206 valence electrons. The summed E-state index contributed by atoms with van der Waals surface area (Å²) in [6.07, 6.45) is -3.12. The van der Waals surface area contributed by atoms with Crippen molar-refractivity contribution in [2.75, 3.05) is 17.7 Å². The molecule has 0 radical (unpaired) electrons. The van der Waals surface area contributed by atoms with Gasteiger partial charge in [-0.05, 0) is 61.0 Å².